The van der Waals surface area contributed by atoms with Gasteiger partial charge in [-0.15, -0.1) is 0 Å². The molecule has 0 radical (unpaired) electrons. The van der Waals surface area contributed by atoms with Crippen molar-refractivity contribution in [3.8, 4) is 5.75 Å². The number of nitrogens with zero attached hydrogens (tertiary/aromatic N) is 3. The summed E-state index contributed by atoms with van der Waals surface area (Å²) in [7, 11) is 0. The number of likely N-dealkylation sites (tertiary alicyclic amines) is 1. The normalized spacial score (nSPS) is 21.8. The summed E-state index contributed by atoms with van der Waals surface area (Å²) in [5, 5.41) is 3.45. The van der Waals surface area contributed by atoms with E-state index in [-0.39, 0.29) is 0 Å². The fraction of sp³-hybridized carbons (Fsp3) is 0.476. The molecule has 138 valence electrons. The molecular weight excluding hydrogens is 324 g/mol. The molecule has 0 amide bonds. The summed E-state index contributed by atoms with van der Waals surface area (Å²) in [5.74, 6) is 0.922. The molecule has 1 N–H and O–H groups in total. The first-order valence-corrected chi connectivity index (χ1v) is 9.65. The lowest BCUT2D eigenvalue weighted by Crippen LogP contribution is -2.49. The maximum absolute atomic E-state index is 5.92. The Labute approximate surface area is 156 Å². The molecule has 0 aliphatic carbocycles. The summed E-state index contributed by atoms with van der Waals surface area (Å²) < 4.78 is 5.92. The third-order valence-corrected chi connectivity index (χ3v) is 5.33. The second-order valence-corrected chi connectivity index (χ2v) is 7.22. The average molecular weight is 352 g/mol. The molecule has 2 fully saturated rings. The van der Waals surface area contributed by atoms with Crippen LogP contribution in [0, 0.1) is 0 Å². The van der Waals surface area contributed by atoms with Crippen molar-refractivity contribution in [3.05, 3.63) is 59.9 Å². The zero-order valence-electron chi connectivity index (χ0n) is 15.3. The monoisotopic (exact) mass is 352 g/mol. The molecule has 1 aromatic carbocycles. The van der Waals surface area contributed by atoms with Crippen LogP contribution < -0.4 is 10.1 Å². The Morgan fingerprint density at radius 3 is 2.85 bits per heavy atom. The Morgan fingerprint density at radius 1 is 1.08 bits per heavy atom. The van der Waals surface area contributed by atoms with E-state index in [1.165, 1.54) is 38.2 Å². The van der Waals surface area contributed by atoms with Crippen molar-refractivity contribution < 1.29 is 4.74 Å². The van der Waals surface area contributed by atoms with Crippen LogP contribution in [0.25, 0.3) is 0 Å². The van der Waals surface area contributed by atoms with Gasteiger partial charge in [0.2, 0.25) is 0 Å². The molecule has 5 heteroatoms. The zero-order valence-corrected chi connectivity index (χ0v) is 15.3. The van der Waals surface area contributed by atoms with Crippen molar-refractivity contribution in [1.82, 2.24) is 20.1 Å². The number of hydrogen-bond acceptors (Lipinski definition) is 5. The quantitative estimate of drug-likeness (QED) is 0.863. The number of rotatable bonds is 6. The van der Waals surface area contributed by atoms with Gasteiger partial charge in [-0.3, -0.25) is 14.8 Å². The topological polar surface area (TPSA) is 40.6 Å². The minimum absolute atomic E-state index is 0.513. The molecule has 1 unspecified atom stereocenters. The van der Waals surface area contributed by atoms with Crippen LogP contribution >= 0.6 is 0 Å². The van der Waals surface area contributed by atoms with Crippen molar-refractivity contribution in [2.45, 2.75) is 25.6 Å². The molecule has 26 heavy (non-hydrogen) atoms. The Kier molecular flexibility index (Phi) is 5.79. The second-order valence-electron chi connectivity index (χ2n) is 7.22. The number of pyridine rings is 1. The Morgan fingerprint density at radius 2 is 2.00 bits per heavy atom. The molecule has 0 saturated carbocycles. The van der Waals surface area contributed by atoms with Crippen LogP contribution in [0.4, 0.5) is 0 Å². The first-order valence-electron chi connectivity index (χ1n) is 9.65. The molecule has 3 heterocycles. The van der Waals surface area contributed by atoms with E-state index in [4.69, 9.17) is 4.74 Å². The summed E-state index contributed by atoms with van der Waals surface area (Å²) in [6.07, 6.45) is 3.09. The Bertz CT molecular complexity index is 687. The van der Waals surface area contributed by atoms with Gasteiger partial charge in [-0.05, 0) is 36.2 Å². The van der Waals surface area contributed by atoms with Crippen LogP contribution in [0.15, 0.2) is 48.7 Å². The SMILES string of the molecule is c1ccc(COc2cccc(CN3CCC(N4CCNCC4)C3)c2)nc1. The first-order chi connectivity index (χ1) is 12.9. The summed E-state index contributed by atoms with van der Waals surface area (Å²) in [6.45, 7) is 8.53. The minimum Gasteiger partial charge on any atom is -0.487 e. The van der Waals surface area contributed by atoms with Crippen molar-refractivity contribution in [2.75, 3.05) is 39.3 Å². The number of hydrogen-bond donors (Lipinski definition) is 1. The highest BCUT2D eigenvalue weighted by Crippen LogP contribution is 2.21. The summed E-state index contributed by atoms with van der Waals surface area (Å²) in [4.78, 5) is 9.54. The molecule has 1 aromatic heterocycles. The van der Waals surface area contributed by atoms with Crippen molar-refractivity contribution >= 4 is 0 Å². The number of ether oxygens (including phenoxy) is 1. The second kappa shape index (κ2) is 8.62. The van der Waals surface area contributed by atoms with Gasteiger partial charge in [0, 0.05) is 58.1 Å². The van der Waals surface area contributed by atoms with Crippen LogP contribution in [-0.4, -0.2) is 60.1 Å². The van der Waals surface area contributed by atoms with Crippen LogP contribution in [0.3, 0.4) is 0 Å². The molecule has 2 aliphatic heterocycles. The smallest absolute Gasteiger partial charge is 0.130 e. The zero-order chi connectivity index (χ0) is 17.6. The van der Waals surface area contributed by atoms with E-state index in [1.54, 1.807) is 6.20 Å². The van der Waals surface area contributed by atoms with Crippen molar-refractivity contribution in [3.63, 3.8) is 0 Å². The van der Waals surface area contributed by atoms with E-state index in [2.05, 4.69) is 38.3 Å². The predicted molar refractivity (Wildman–Crippen MR) is 103 cm³/mol. The highest BCUT2D eigenvalue weighted by molar-refractivity contribution is 5.28. The largest absolute Gasteiger partial charge is 0.487 e. The maximum atomic E-state index is 5.92. The summed E-state index contributed by atoms with van der Waals surface area (Å²) in [6, 6.07) is 15.1. The van der Waals surface area contributed by atoms with Gasteiger partial charge in [0.1, 0.15) is 12.4 Å². The van der Waals surface area contributed by atoms with Crippen LogP contribution in [0.5, 0.6) is 5.75 Å². The average Bonchev–Trinajstić information content (AvgIpc) is 3.17. The molecule has 4 rings (SSSR count). The molecule has 5 nitrogen and oxygen atoms in total. The number of benzene rings is 1. The Balaban J connectivity index is 1.29. The van der Waals surface area contributed by atoms with Gasteiger partial charge < -0.3 is 10.1 Å². The van der Waals surface area contributed by atoms with Crippen LogP contribution in [0.1, 0.15) is 17.7 Å². The van der Waals surface area contributed by atoms with E-state index >= 15 is 0 Å². The third-order valence-electron chi connectivity index (χ3n) is 5.33. The van der Waals surface area contributed by atoms with Crippen LogP contribution in [-0.2, 0) is 13.2 Å². The van der Waals surface area contributed by atoms with Crippen molar-refractivity contribution in [1.29, 1.82) is 0 Å². The highest BCUT2D eigenvalue weighted by atomic mass is 16.5. The summed E-state index contributed by atoms with van der Waals surface area (Å²) in [5.41, 5.74) is 2.28. The lowest BCUT2D eigenvalue weighted by Gasteiger charge is -2.32. The molecular formula is C21H28N4O. The van der Waals surface area contributed by atoms with E-state index < -0.39 is 0 Å². The van der Waals surface area contributed by atoms with Gasteiger partial charge in [0.05, 0.1) is 5.69 Å². The molecule has 2 aromatic rings. The molecule has 0 bridgehead atoms. The van der Waals surface area contributed by atoms with Gasteiger partial charge in [0.15, 0.2) is 0 Å². The number of nitrogens with one attached hydrogen (secondary N) is 1. The maximum Gasteiger partial charge on any atom is 0.130 e. The summed E-state index contributed by atoms with van der Waals surface area (Å²) >= 11 is 0. The first kappa shape index (κ1) is 17.5. The van der Waals surface area contributed by atoms with Crippen LogP contribution in [0.2, 0.25) is 0 Å². The molecule has 1 atom stereocenters. The molecule has 2 aliphatic rings. The minimum atomic E-state index is 0.513. The highest BCUT2D eigenvalue weighted by Gasteiger charge is 2.28. The fourth-order valence-electron chi connectivity index (χ4n) is 3.93. The van der Waals surface area contributed by atoms with Gasteiger partial charge in [-0.25, -0.2) is 0 Å². The van der Waals surface area contributed by atoms with Gasteiger partial charge in [-0.2, -0.15) is 0 Å². The van der Waals surface area contributed by atoms with E-state index in [9.17, 15) is 0 Å². The molecule has 0 spiro atoms. The lowest BCUT2D eigenvalue weighted by atomic mass is 10.2. The molecule has 2 saturated heterocycles. The predicted octanol–water partition coefficient (Wildman–Crippen LogP) is 2.14. The van der Waals surface area contributed by atoms with E-state index in [1.807, 2.05) is 24.3 Å². The fourth-order valence-corrected chi connectivity index (χ4v) is 3.93. The standard InChI is InChI=1S/C21H28N4O/c1-2-8-23-19(5-1)17-26-21-6-3-4-18(14-21)15-24-11-7-20(16-24)25-12-9-22-10-13-25/h1-6,8,14,20,22H,7,9-13,15-17H2. The van der Waals surface area contributed by atoms with Crippen molar-refractivity contribution in [2.24, 2.45) is 0 Å². The lowest BCUT2D eigenvalue weighted by molar-refractivity contribution is 0.170. The number of piperazine rings is 1. The van der Waals surface area contributed by atoms with E-state index in [0.717, 1.165) is 37.1 Å². The van der Waals surface area contributed by atoms with Gasteiger partial charge in [-0.1, -0.05) is 18.2 Å². The third kappa shape index (κ3) is 4.61. The van der Waals surface area contributed by atoms with Gasteiger partial charge >= 0.3 is 0 Å². The van der Waals surface area contributed by atoms with Gasteiger partial charge in [0.25, 0.3) is 0 Å². The number of aromatic nitrogens is 1. The Hall–Kier alpha value is -1.95. The van der Waals surface area contributed by atoms with E-state index in [0.29, 0.717) is 6.61 Å².